The van der Waals surface area contributed by atoms with Gasteiger partial charge in [-0.25, -0.2) is 4.98 Å². The van der Waals surface area contributed by atoms with E-state index in [0.29, 0.717) is 5.69 Å². The van der Waals surface area contributed by atoms with E-state index in [1.807, 2.05) is 13.2 Å². The number of aromatic nitrogens is 4. The lowest BCUT2D eigenvalue weighted by Crippen LogP contribution is -2.06. The largest absolute Gasteiger partial charge is 0.394 e. The second-order valence-corrected chi connectivity index (χ2v) is 3.67. The molecule has 0 radical (unpaired) electrons. The van der Waals surface area contributed by atoms with Gasteiger partial charge in [0, 0.05) is 38.6 Å². The van der Waals surface area contributed by atoms with Crippen LogP contribution < -0.4 is 11.1 Å². The summed E-state index contributed by atoms with van der Waals surface area (Å²) in [6, 6.07) is 0. The number of imidazole rings is 1. The number of aryl methyl sites for hydroxylation is 2. The summed E-state index contributed by atoms with van der Waals surface area (Å²) >= 11 is 0. The van der Waals surface area contributed by atoms with Crippen LogP contribution >= 0.6 is 0 Å². The maximum Gasteiger partial charge on any atom is 0.171 e. The number of hydrogen-bond acceptors (Lipinski definition) is 4. The van der Waals surface area contributed by atoms with Crippen LogP contribution in [0.15, 0.2) is 18.6 Å². The summed E-state index contributed by atoms with van der Waals surface area (Å²) in [6.45, 7) is 0.835. The van der Waals surface area contributed by atoms with E-state index in [4.69, 9.17) is 5.73 Å². The first-order chi connectivity index (χ1) is 7.75. The highest BCUT2D eigenvalue weighted by Crippen LogP contribution is 2.13. The Hall–Kier alpha value is -1.98. The molecule has 16 heavy (non-hydrogen) atoms. The zero-order valence-electron chi connectivity index (χ0n) is 9.27. The molecule has 2 aromatic rings. The van der Waals surface area contributed by atoms with Gasteiger partial charge in [0.15, 0.2) is 5.82 Å². The molecule has 6 heteroatoms. The van der Waals surface area contributed by atoms with Crippen LogP contribution in [0.2, 0.25) is 0 Å². The lowest BCUT2D eigenvalue weighted by molar-refractivity contribution is 0.762. The molecule has 0 unspecified atom stereocenters. The molecule has 0 aliphatic rings. The Bertz CT molecular complexity index is 430. The molecule has 0 amide bonds. The van der Waals surface area contributed by atoms with Crippen LogP contribution in [0.3, 0.4) is 0 Å². The van der Waals surface area contributed by atoms with E-state index in [9.17, 15) is 0 Å². The Morgan fingerprint density at radius 1 is 1.56 bits per heavy atom. The number of nitrogen functional groups attached to an aromatic ring is 1. The van der Waals surface area contributed by atoms with Gasteiger partial charge in [0.2, 0.25) is 0 Å². The highest BCUT2D eigenvalue weighted by molar-refractivity contribution is 5.59. The average Bonchev–Trinajstić information content (AvgIpc) is 2.84. The van der Waals surface area contributed by atoms with Gasteiger partial charge in [0.05, 0.1) is 5.69 Å². The van der Waals surface area contributed by atoms with Gasteiger partial charge >= 0.3 is 0 Å². The number of rotatable bonds is 5. The van der Waals surface area contributed by atoms with Gasteiger partial charge in [0.25, 0.3) is 0 Å². The van der Waals surface area contributed by atoms with Crippen molar-refractivity contribution in [3.63, 3.8) is 0 Å². The van der Waals surface area contributed by atoms with Crippen LogP contribution in [0.1, 0.15) is 12.2 Å². The number of nitrogens with zero attached hydrogens (tertiary/aromatic N) is 3. The van der Waals surface area contributed by atoms with Crippen LogP contribution in [-0.2, 0) is 13.5 Å². The average molecular weight is 220 g/mol. The summed E-state index contributed by atoms with van der Waals surface area (Å²) in [5, 5.41) is 7.40. The summed E-state index contributed by atoms with van der Waals surface area (Å²) in [4.78, 5) is 7.22. The van der Waals surface area contributed by atoms with Crippen molar-refractivity contribution in [2.45, 2.75) is 12.8 Å². The Balaban J connectivity index is 1.74. The van der Waals surface area contributed by atoms with Gasteiger partial charge in [-0.15, -0.1) is 0 Å². The van der Waals surface area contributed by atoms with E-state index >= 15 is 0 Å². The van der Waals surface area contributed by atoms with E-state index < -0.39 is 0 Å². The summed E-state index contributed by atoms with van der Waals surface area (Å²) in [7, 11) is 1.85. The standard InChI is InChI=1S/C10H16N6/c1-16-7-8(11)10(15-16)14-4-2-3-9-12-5-6-13-9/h5-7H,2-4,11H2,1H3,(H,12,13)(H,14,15). The Morgan fingerprint density at radius 2 is 2.44 bits per heavy atom. The third-order valence-corrected chi connectivity index (χ3v) is 2.29. The van der Waals surface area contributed by atoms with Gasteiger partial charge < -0.3 is 16.0 Å². The van der Waals surface area contributed by atoms with Crippen molar-refractivity contribution in [1.29, 1.82) is 0 Å². The Morgan fingerprint density at radius 3 is 3.06 bits per heavy atom. The van der Waals surface area contributed by atoms with Crippen LogP contribution in [0, 0.1) is 0 Å². The lowest BCUT2D eigenvalue weighted by atomic mass is 10.3. The molecule has 2 rings (SSSR count). The first kappa shape index (κ1) is 10.5. The molecule has 0 aromatic carbocycles. The molecular weight excluding hydrogens is 204 g/mol. The molecule has 2 aromatic heterocycles. The number of anilines is 2. The van der Waals surface area contributed by atoms with Crippen LogP contribution in [0.4, 0.5) is 11.5 Å². The predicted octanol–water partition coefficient (Wildman–Crippen LogP) is 0.770. The summed E-state index contributed by atoms with van der Waals surface area (Å²) in [6.07, 6.45) is 7.30. The van der Waals surface area contributed by atoms with Crippen molar-refractivity contribution in [1.82, 2.24) is 19.7 Å². The number of aromatic amines is 1. The smallest absolute Gasteiger partial charge is 0.171 e. The molecule has 4 N–H and O–H groups in total. The van der Waals surface area contributed by atoms with Crippen molar-refractivity contribution < 1.29 is 0 Å². The maximum absolute atomic E-state index is 5.75. The van der Waals surface area contributed by atoms with Crippen molar-refractivity contribution in [2.75, 3.05) is 17.6 Å². The van der Waals surface area contributed by atoms with Crippen LogP contribution in [-0.4, -0.2) is 26.3 Å². The number of hydrogen-bond donors (Lipinski definition) is 3. The minimum atomic E-state index is 0.681. The van der Waals surface area contributed by atoms with Gasteiger partial charge in [-0.1, -0.05) is 0 Å². The molecule has 0 saturated carbocycles. The predicted molar refractivity (Wildman–Crippen MR) is 63.0 cm³/mol. The topological polar surface area (TPSA) is 84.5 Å². The second-order valence-electron chi connectivity index (χ2n) is 3.67. The first-order valence-electron chi connectivity index (χ1n) is 5.27. The monoisotopic (exact) mass is 220 g/mol. The molecule has 0 saturated heterocycles. The molecule has 86 valence electrons. The summed E-state index contributed by atoms with van der Waals surface area (Å²) in [5.74, 6) is 1.76. The van der Waals surface area contributed by atoms with Crippen molar-refractivity contribution in [2.24, 2.45) is 7.05 Å². The normalized spacial score (nSPS) is 10.6. The molecule has 0 atom stereocenters. The molecule has 0 spiro atoms. The van der Waals surface area contributed by atoms with Gasteiger partial charge in [0.1, 0.15) is 5.82 Å². The SMILES string of the molecule is Cn1cc(N)c(NCCCc2ncc[nH]2)n1. The minimum absolute atomic E-state index is 0.681. The lowest BCUT2D eigenvalue weighted by Gasteiger charge is -2.02. The van der Waals surface area contributed by atoms with E-state index in [1.54, 1.807) is 17.1 Å². The minimum Gasteiger partial charge on any atom is -0.394 e. The molecule has 6 nitrogen and oxygen atoms in total. The van der Waals surface area contributed by atoms with E-state index in [0.717, 1.165) is 31.0 Å². The third-order valence-electron chi connectivity index (χ3n) is 2.29. The van der Waals surface area contributed by atoms with E-state index in [-0.39, 0.29) is 0 Å². The zero-order valence-corrected chi connectivity index (χ0v) is 9.27. The zero-order chi connectivity index (χ0) is 11.4. The quantitative estimate of drug-likeness (QED) is 0.650. The number of H-pyrrole nitrogens is 1. The van der Waals surface area contributed by atoms with E-state index in [1.165, 1.54) is 0 Å². The second kappa shape index (κ2) is 4.69. The van der Waals surface area contributed by atoms with Gasteiger partial charge in [-0.3, -0.25) is 4.68 Å². The maximum atomic E-state index is 5.75. The fraction of sp³-hybridized carbons (Fsp3) is 0.400. The number of nitrogens with two attached hydrogens (primary N) is 1. The fourth-order valence-electron chi connectivity index (χ4n) is 1.54. The highest BCUT2D eigenvalue weighted by atomic mass is 15.3. The molecule has 0 aliphatic carbocycles. The highest BCUT2D eigenvalue weighted by Gasteiger charge is 2.02. The van der Waals surface area contributed by atoms with Crippen LogP contribution in [0.25, 0.3) is 0 Å². The molecule has 0 fully saturated rings. The molecule has 0 aliphatic heterocycles. The van der Waals surface area contributed by atoms with Crippen molar-refractivity contribution in [3.05, 3.63) is 24.4 Å². The molecule has 2 heterocycles. The Kier molecular flexibility index (Phi) is 3.09. The number of nitrogens with one attached hydrogen (secondary N) is 2. The fourth-order valence-corrected chi connectivity index (χ4v) is 1.54. The molecular formula is C10H16N6. The van der Waals surface area contributed by atoms with Crippen molar-refractivity contribution >= 4 is 11.5 Å². The van der Waals surface area contributed by atoms with Crippen molar-refractivity contribution in [3.8, 4) is 0 Å². The molecule has 0 bridgehead atoms. The summed E-state index contributed by atoms with van der Waals surface area (Å²) < 4.78 is 1.70. The first-order valence-corrected chi connectivity index (χ1v) is 5.27. The van der Waals surface area contributed by atoms with Gasteiger partial charge in [-0.05, 0) is 6.42 Å². The third kappa shape index (κ3) is 2.53. The Labute approximate surface area is 93.9 Å². The van der Waals surface area contributed by atoms with E-state index in [2.05, 4.69) is 20.4 Å². The van der Waals surface area contributed by atoms with Crippen LogP contribution in [0.5, 0.6) is 0 Å². The summed E-state index contributed by atoms with van der Waals surface area (Å²) in [5.41, 5.74) is 6.43. The van der Waals surface area contributed by atoms with Gasteiger partial charge in [-0.2, -0.15) is 5.10 Å².